The first-order valence-corrected chi connectivity index (χ1v) is 9.25. The van der Waals surface area contributed by atoms with Crippen LogP contribution in [-0.4, -0.2) is 32.7 Å². The van der Waals surface area contributed by atoms with Gasteiger partial charge < -0.3 is 15.4 Å². The van der Waals surface area contributed by atoms with Crippen LogP contribution in [-0.2, 0) is 0 Å². The quantitative estimate of drug-likeness (QED) is 0.636. The fourth-order valence-electron chi connectivity index (χ4n) is 3.35. The van der Waals surface area contributed by atoms with Gasteiger partial charge in [0, 0.05) is 12.2 Å². The Morgan fingerprint density at radius 3 is 2.78 bits per heavy atom. The minimum absolute atomic E-state index is 0.176. The minimum Gasteiger partial charge on any atom is -0.438 e. The van der Waals surface area contributed by atoms with E-state index in [9.17, 15) is 4.79 Å². The van der Waals surface area contributed by atoms with E-state index in [4.69, 9.17) is 4.74 Å². The number of nitrogens with zero attached hydrogens (tertiary/aromatic N) is 3. The van der Waals surface area contributed by atoms with Crippen LogP contribution in [0.2, 0.25) is 0 Å². The van der Waals surface area contributed by atoms with E-state index in [1.54, 1.807) is 30.5 Å². The monoisotopic (exact) mass is 366 g/mol. The van der Waals surface area contributed by atoms with Gasteiger partial charge in [0.25, 0.3) is 0 Å². The smallest absolute Gasteiger partial charge is 0.319 e. The number of fused-ring (bicyclic) bond motifs is 1. The first kappa shape index (κ1) is 17.3. The number of ether oxygens (including phenoxy) is 1. The first-order valence-electron chi connectivity index (χ1n) is 9.25. The van der Waals surface area contributed by atoms with Gasteiger partial charge in [0.1, 0.15) is 17.5 Å². The maximum absolute atomic E-state index is 12.1. The van der Waals surface area contributed by atoms with Crippen LogP contribution in [0.1, 0.15) is 32.1 Å². The van der Waals surface area contributed by atoms with Gasteiger partial charge in [0.2, 0.25) is 5.88 Å². The third-order valence-corrected chi connectivity index (χ3v) is 4.81. The highest BCUT2D eigenvalue weighted by Crippen LogP contribution is 2.26. The Morgan fingerprint density at radius 2 is 1.96 bits per heavy atom. The molecule has 0 bridgehead atoms. The van der Waals surface area contributed by atoms with Crippen LogP contribution in [0.4, 0.5) is 10.5 Å². The molecule has 1 fully saturated rings. The van der Waals surface area contributed by atoms with E-state index < -0.39 is 0 Å². The lowest BCUT2D eigenvalue weighted by Gasteiger charge is -2.21. The standard InChI is InChI=1S/C19H22N6O2/c26-19(20-10-13-4-2-1-3-5-13)24-14-6-8-15(9-7-14)27-18-16-11-23-25-17(16)21-12-22-18/h6-9,11-13H,1-5,10H2,(H2,20,24,26)(H,21,22,23,25). The van der Waals surface area contributed by atoms with E-state index in [0.717, 1.165) is 6.54 Å². The van der Waals surface area contributed by atoms with Crippen LogP contribution < -0.4 is 15.4 Å². The lowest BCUT2D eigenvalue weighted by Crippen LogP contribution is -2.33. The number of rotatable bonds is 5. The van der Waals surface area contributed by atoms with Gasteiger partial charge in [0.05, 0.1) is 6.20 Å². The van der Waals surface area contributed by atoms with Gasteiger partial charge >= 0.3 is 6.03 Å². The second kappa shape index (κ2) is 8.03. The van der Waals surface area contributed by atoms with Crippen molar-refractivity contribution in [1.82, 2.24) is 25.5 Å². The van der Waals surface area contributed by atoms with Crippen molar-refractivity contribution in [1.29, 1.82) is 0 Å². The number of hydrogen-bond acceptors (Lipinski definition) is 5. The second-order valence-corrected chi connectivity index (χ2v) is 6.78. The maximum atomic E-state index is 12.1. The average molecular weight is 366 g/mol. The second-order valence-electron chi connectivity index (χ2n) is 6.78. The number of amides is 2. The van der Waals surface area contributed by atoms with E-state index in [-0.39, 0.29) is 6.03 Å². The van der Waals surface area contributed by atoms with Gasteiger partial charge in [-0.2, -0.15) is 5.10 Å². The van der Waals surface area contributed by atoms with E-state index in [1.807, 2.05) is 0 Å². The van der Waals surface area contributed by atoms with E-state index in [0.29, 0.717) is 34.3 Å². The Bertz CT molecular complexity index is 902. The van der Waals surface area contributed by atoms with Crippen molar-refractivity contribution in [3.8, 4) is 11.6 Å². The van der Waals surface area contributed by atoms with Crippen LogP contribution in [0.15, 0.2) is 36.8 Å². The maximum Gasteiger partial charge on any atom is 0.319 e. The summed E-state index contributed by atoms with van der Waals surface area (Å²) in [5, 5.41) is 13.2. The predicted octanol–water partition coefficient (Wildman–Crippen LogP) is 3.85. The Kier molecular flexibility index (Phi) is 5.13. The van der Waals surface area contributed by atoms with Crippen LogP contribution in [0.3, 0.4) is 0 Å². The van der Waals surface area contributed by atoms with Gasteiger partial charge in [0.15, 0.2) is 5.65 Å². The molecule has 4 rings (SSSR count). The fourth-order valence-corrected chi connectivity index (χ4v) is 3.35. The number of urea groups is 1. The lowest BCUT2D eigenvalue weighted by atomic mass is 9.89. The van der Waals surface area contributed by atoms with Crippen LogP contribution in [0.25, 0.3) is 11.0 Å². The normalized spacial score (nSPS) is 14.8. The molecule has 140 valence electrons. The Morgan fingerprint density at radius 1 is 1.15 bits per heavy atom. The van der Waals surface area contributed by atoms with Gasteiger partial charge in [-0.1, -0.05) is 19.3 Å². The van der Waals surface area contributed by atoms with Crippen molar-refractivity contribution in [2.75, 3.05) is 11.9 Å². The van der Waals surface area contributed by atoms with Crippen molar-refractivity contribution in [3.63, 3.8) is 0 Å². The lowest BCUT2D eigenvalue weighted by molar-refractivity contribution is 0.247. The molecule has 1 saturated carbocycles. The Hall–Kier alpha value is -3.16. The molecule has 1 aliphatic rings. The molecule has 0 saturated heterocycles. The molecule has 0 unspecified atom stereocenters. The molecule has 2 aromatic heterocycles. The number of hydrogen-bond donors (Lipinski definition) is 3. The SMILES string of the molecule is O=C(NCC1CCCCC1)Nc1ccc(Oc2ncnc3[nH]ncc23)cc1. The molecule has 2 heterocycles. The number of carbonyl (C=O) groups is 1. The summed E-state index contributed by atoms with van der Waals surface area (Å²) in [6, 6.07) is 6.98. The third kappa shape index (κ3) is 4.33. The Labute approximate surface area is 156 Å². The number of carbonyl (C=O) groups excluding carboxylic acids is 1. The van der Waals surface area contributed by atoms with Crippen molar-refractivity contribution in [2.24, 2.45) is 5.92 Å². The average Bonchev–Trinajstić information content (AvgIpc) is 3.19. The molecule has 3 aromatic rings. The van der Waals surface area contributed by atoms with E-state index >= 15 is 0 Å². The van der Waals surface area contributed by atoms with Crippen molar-refractivity contribution < 1.29 is 9.53 Å². The van der Waals surface area contributed by atoms with Crippen LogP contribution in [0.5, 0.6) is 11.6 Å². The Balaban J connectivity index is 1.32. The summed E-state index contributed by atoms with van der Waals surface area (Å²) in [5.41, 5.74) is 1.33. The molecule has 1 aliphatic carbocycles. The zero-order chi connectivity index (χ0) is 18.5. The van der Waals surface area contributed by atoms with Crippen molar-refractivity contribution in [2.45, 2.75) is 32.1 Å². The number of aromatic nitrogens is 4. The molecule has 3 N–H and O–H groups in total. The minimum atomic E-state index is -0.176. The zero-order valence-corrected chi connectivity index (χ0v) is 14.9. The highest BCUT2D eigenvalue weighted by atomic mass is 16.5. The molecule has 27 heavy (non-hydrogen) atoms. The van der Waals surface area contributed by atoms with E-state index in [2.05, 4.69) is 30.8 Å². The molecular weight excluding hydrogens is 344 g/mol. The summed E-state index contributed by atoms with van der Waals surface area (Å²) >= 11 is 0. The largest absolute Gasteiger partial charge is 0.438 e. The van der Waals surface area contributed by atoms with Crippen molar-refractivity contribution >= 4 is 22.8 Å². The summed E-state index contributed by atoms with van der Waals surface area (Å²) < 4.78 is 5.80. The number of benzene rings is 1. The summed E-state index contributed by atoms with van der Waals surface area (Å²) in [6.45, 7) is 0.738. The number of anilines is 1. The van der Waals surface area contributed by atoms with Crippen LogP contribution in [0, 0.1) is 5.92 Å². The summed E-state index contributed by atoms with van der Waals surface area (Å²) in [7, 11) is 0. The molecule has 2 amide bonds. The topological polar surface area (TPSA) is 105 Å². The summed E-state index contributed by atoms with van der Waals surface area (Å²) in [5.74, 6) is 1.65. The molecule has 0 atom stereocenters. The number of aromatic amines is 1. The fraction of sp³-hybridized carbons (Fsp3) is 0.368. The third-order valence-electron chi connectivity index (χ3n) is 4.81. The highest BCUT2D eigenvalue weighted by molar-refractivity contribution is 5.89. The molecular formula is C19H22N6O2. The van der Waals surface area contributed by atoms with Crippen molar-refractivity contribution in [3.05, 3.63) is 36.8 Å². The number of nitrogens with one attached hydrogen (secondary N) is 3. The predicted molar refractivity (Wildman–Crippen MR) is 102 cm³/mol. The number of H-pyrrole nitrogens is 1. The summed E-state index contributed by atoms with van der Waals surface area (Å²) in [6.07, 6.45) is 9.32. The zero-order valence-electron chi connectivity index (χ0n) is 14.9. The van der Waals surface area contributed by atoms with Gasteiger partial charge in [-0.05, 0) is 43.0 Å². The van der Waals surface area contributed by atoms with Gasteiger partial charge in [-0.25, -0.2) is 14.8 Å². The van der Waals surface area contributed by atoms with E-state index in [1.165, 1.54) is 38.4 Å². The molecule has 0 spiro atoms. The molecule has 1 aromatic carbocycles. The summed E-state index contributed by atoms with van der Waals surface area (Å²) in [4.78, 5) is 20.3. The molecule has 8 nitrogen and oxygen atoms in total. The van der Waals surface area contributed by atoms with Gasteiger partial charge in [-0.3, -0.25) is 5.10 Å². The molecule has 8 heteroatoms. The molecule has 0 aliphatic heterocycles. The van der Waals surface area contributed by atoms with Gasteiger partial charge in [-0.15, -0.1) is 0 Å². The highest BCUT2D eigenvalue weighted by Gasteiger charge is 2.14. The first-order chi connectivity index (χ1) is 13.3. The molecule has 0 radical (unpaired) electrons. The van der Waals surface area contributed by atoms with Crippen LogP contribution >= 0.6 is 0 Å².